The van der Waals surface area contributed by atoms with Crippen LogP contribution in [0.3, 0.4) is 0 Å². The molecule has 0 radical (unpaired) electrons. The number of hydrazine groups is 1. The molecule has 0 bridgehead atoms. The number of carbonyl (C=O) groups is 1. The van der Waals surface area contributed by atoms with Gasteiger partial charge in [0.15, 0.2) is 0 Å². The molecule has 1 fully saturated rings. The topological polar surface area (TPSA) is 80.5 Å². The number of carbonyl (C=O) groups excluding carboxylic acids is 1. The number of nitrogens with two attached hydrogens (primary N) is 1. The van der Waals surface area contributed by atoms with Crippen LogP contribution in [-0.2, 0) is 4.74 Å². The highest BCUT2D eigenvalue weighted by Crippen LogP contribution is 2.17. The highest BCUT2D eigenvalue weighted by Gasteiger charge is 2.21. The molecule has 6 nitrogen and oxygen atoms in total. The van der Waals surface area contributed by atoms with E-state index in [9.17, 15) is 4.79 Å². The molecule has 1 amide bonds. The molecular formula is C11H16N4O2. The maximum absolute atomic E-state index is 12.2. The van der Waals surface area contributed by atoms with Gasteiger partial charge in [-0.1, -0.05) is 0 Å². The Morgan fingerprint density at radius 3 is 2.88 bits per heavy atom. The van der Waals surface area contributed by atoms with Gasteiger partial charge in [0.2, 0.25) is 0 Å². The van der Waals surface area contributed by atoms with E-state index in [1.807, 2.05) is 6.92 Å². The lowest BCUT2D eigenvalue weighted by Gasteiger charge is -2.27. The zero-order valence-electron chi connectivity index (χ0n) is 9.77. The Hall–Kier alpha value is -1.66. The van der Waals surface area contributed by atoms with Crippen molar-refractivity contribution in [2.24, 2.45) is 5.84 Å². The lowest BCUT2D eigenvalue weighted by Crippen LogP contribution is -2.41. The highest BCUT2D eigenvalue weighted by molar-refractivity contribution is 5.99. The Labute approximate surface area is 99.7 Å². The molecule has 3 N–H and O–H groups in total. The van der Waals surface area contributed by atoms with E-state index in [-0.39, 0.29) is 5.91 Å². The normalized spacial score (nSPS) is 15.8. The number of hydrogen-bond acceptors (Lipinski definition) is 5. The number of morpholine rings is 1. The number of ether oxygens (including phenoxy) is 1. The molecule has 0 unspecified atom stereocenters. The Bertz CT molecular complexity index is 416. The number of amides is 1. The monoisotopic (exact) mass is 236 g/mol. The van der Waals surface area contributed by atoms with Crippen LogP contribution in [0.25, 0.3) is 0 Å². The summed E-state index contributed by atoms with van der Waals surface area (Å²) in [5.41, 5.74) is 4.46. The van der Waals surface area contributed by atoms with Crippen molar-refractivity contribution >= 4 is 11.6 Å². The molecular weight excluding hydrogens is 220 g/mol. The second-order valence-corrected chi connectivity index (χ2v) is 3.92. The summed E-state index contributed by atoms with van der Waals surface area (Å²) in [6.45, 7) is 4.23. The fourth-order valence-corrected chi connectivity index (χ4v) is 1.79. The van der Waals surface area contributed by atoms with Crippen LogP contribution in [0.4, 0.5) is 5.69 Å². The second kappa shape index (κ2) is 5.11. The maximum Gasteiger partial charge on any atom is 0.257 e. The Balaban J connectivity index is 2.23. The van der Waals surface area contributed by atoms with Crippen LogP contribution >= 0.6 is 0 Å². The van der Waals surface area contributed by atoms with E-state index in [0.29, 0.717) is 37.6 Å². The first kappa shape index (κ1) is 11.8. The van der Waals surface area contributed by atoms with E-state index in [1.165, 1.54) is 0 Å². The van der Waals surface area contributed by atoms with Crippen LogP contribution in [0.15, 0.2) is 12.3 Å². The van der Waals surface area contributed by atoms with Crippen LogP contribution in [0.2, 0.25) is 0 Å². The average Bonchev–Trinajstić information content (AvgIpc) is 2.39. The average molecular weight is 236 g/mol. The van der Waals surface area contributed by atoms with Crippen molar-refractivity contribution in [1.29, 1.82) is 0 Å². The van der Waals surface area contributed by atoms with Gasteiger partial charge in [0.1, 0.15) is 0 Å². The standard InChI is InChI=1S/C11H16N4O2/c1-8-6-10(14-12)9(7-13-8)11(16)15-2-4-17-5-3-15/h6-7H,2-5,12H2,1H3,(H,13,14). The van der Waals surface area contributed by atoms with Gasteiger partial charge in [-0.2, -0.15) is 0 Å². The molecule has 0 aliphatic carbocycles. The summed E-state index contributed by atoms with van der Waals surface area (Å²) in [6.07, 6.45) is 1.56. The Morgan fingerprint density at radius 1 is 1.53 bits per heavy atom. The third-order valence-corrected chi connectivity index (χ3v) is 2.72. The number of pyridine rings is 1. The third kappa shape index (κ3) is 2.54. The summed E-state index contributed by atoms with van der Waals surface area (Å²) in [5.74, 6) is 5.35. The molecule has 1 aromatic heterocycles. The molecule has 0 atom stereocenters. The Kier molecular flexibility index (Phi) is 3.55. The number of rotatable bonds is 2. The number of nitrogen functional groups attached to an aromatic ring is 1. The van der Waals surface area contributed by atoms with Gasteiger partial charge < -0.3 is 15.1 Å². The zero-order valence-corrected chi connectivity index (χ0v) is 9.77. The third-order valence-electron chi connectivity index (χ3n) is 2.72. The molecule has 2 heterocycles. The van der Waals surface area contributed by atoms with Crippen molar-refractivity contribution in [3.05, 3.63) is 23.5 Å². The quantitative estimate of drug-likeness (QED) is 0.564. The summed E-state index contributed by atoms with van der Waals surface area (Å²) in [7, 11) is 0. The maximum atomic E-state index is 12.2. The van der Waals surface area contributed by atoms with Gasteiger partial charge in [-0.05, 0) is 13.0 Å². The molecule has 1 aromatic rings. The molecule has 1 aliphatic rings. The van der Waals surface area contributed by atoms with E-state index in [0.717, 1.165) is 5.69 Å². The van der Waals surface area contributed by atoms with Crippen molar-refractivity contribution < 1.29 is 9.53 Å². The molecule has 1 saturated heterocycles. The van der Waals surface area contributed by atoms with Crippen LogP contribution < -0.4 is 11.3 Å². The molecule has 6 heteroatoms. The summed E-state index contributed by atoms with van der Waals surface area (Å²) < 4.78 is 5.21. The van der Waals surface area contributed by atoms with Gasteiger partial charge in [-0.3, -0.25) is 15.6 Å². The SMILES string of the molecule is Cc1cc(NN)c(C(=O)N2CCOCC2)cn1. The molecule has 0 spiro atoms. The number of hydrogen-bond donors (Lipinski definition) is 2. The number of anilines is 1. The number of aromatic nitrogens is 1. The minimum Gasteiger partial charge on any atom is -0.378 e. The summed E-state index contributed by atoms with van der Waals surface area (Å²) in [5, 5.41) is 0. The fraction of sp³-hybridized carbons (Fsp3) is 0.455. The zero-order chi connectivity index (χ0) is 12.3. The molecule has 1 aliphatic heterocycles. The molecule has 17 heavy (non-hydrogen) atoms. The van der Waals surface area contributed by atoms with Crippen LogP contribution in [0.5, 0.6) is 0 Å². The van der Waals surface area contributed by atoms with Gasteiger partial charge in [-0.15, -0.1) is 0 Å². The number of aryl methyl sites for hydroxylation is 1. The second-order valence-electron chi connectivity index (χ2n) is 3.92. The number of nitrogens with one attached hydrogen (secondary N) is 1. The molecule has 0 aromatic carbocycles. The smallest absolute Gasteiger partial charge is 0.257 e. The van der Waals surface area contributed by atoms with Crippen LogP contribution in [0, 0.1) is 6.92 Å². The predicted octanol–water partition coefficient (Wildman–Crippen LogP) is 0.148. The molecule has 0 saturated carbocycles. The molecule has 92 valence electrons. The minimum atomic E-state index is -0.0613. The van der Waals surface area contributed by atoms with Crippen molar-refractivity contribution in [2.75, 3.05) is 31.7 Å². The van der Waals surface area contributed by atoms with E-state index >= 15 is 0 Å². The van der Waals surface area contributed by atoms with Crippen LogP contribution in [-0.4, -0.2) is 42.1 Å². The van der Waals surface area contributed by atoms with E-state index < -0.39 is 0 Å². The van der Waals surface area contributed by atoms with E-state index in [4.69, 9.17) is 10.6 Å². The summed E-state index contributed by atoms with van der Waals surface area (Å²) in [6, 6.07) is 1.76. The first-order chi connectivity index (χ1) is 8.22. The van der Waals surface area contributed by atoms with Crippen molar-refractivity contribution in [3.8, 4) is 0 Å². The number of nitrogens with zero attached hydrogens (tertiary/aromatic N) is 2. The first-order valence-electron chi connectivity index (χ1n) is 5.52. The lowest BCUT2D eigenvalue weighted by atomic mass is 10.2. The van der Waals surface area contributed by atoms with E-state index in [2.05, 4.69) is 10.4 Å². The Morgan fingerprint density at radius 2 is 2.24 bits per heavy atom. The van der Waals surface area contributed by atoms with Gasteiger partial charge >= 0.3 is 0 Å². The molecule has 2 rings (SSSR count). The fourth-order valence-electron chi connectivity index (χ4n) is 1.79. The minimum absolute atomic E-state index is 0.0613. The van der Waals surface area contributed by atoms with Crippen molar-refractivity contribution in [3.63, 3.8) is 0 Å². The van der Waals surface area contributed by atoms with Crippen molar-refractivity contribution in [2.45, 2.75) is 6.92 Å². The summed E-state index contributed by atoms with van der Waals surface area (Å²) in [4.78, 5) is 18.1. The van der Waals surface area contributed by atoms with Gasteiger partial charge in [0.25, 0.3) is 5.91 Å². The van der Waals surface area contributed by atoms with Crippen molar-refractivity contribution in [1.82, 2.24) is 9.88 Å². The lowest BCUT2D eigenvalue weighted by molar-refractivity contribution is 0.0303. The van der Waals surface area contributed by atoms with Gasteiger partial charge in [-0.25, -0.2) is 0 Å². The summed E-state index contributed by atoms with van der Waals surface area (Å²) >= 11 is 0. The first-order valence-corrected chi connectivity index (χ1v) is 5.52. The van der Waals surface area contributed by atoms with Crippen LogP contribution in [0.1, 0.15) is 16.1 Å². The van der Waals surface area contributed by atoms with Gasteiger partial charge in [0, 0.05) is 25.0 Å². The highest BCUT2D eigenvalue weighted by atomic mass is 16.5. The predicted molar refractivity (Wildman–Crippen MR) is 63.5 cm³/mol. The van der Waals surface area contributed by atoms with E-state index in [1.54, 1.807) is 17.2 Å². The largest absolute Gasteiger partial charge is 0.378 e. The van der Waals surface area contributed by atoms with Gasteiger partial charge in [0.05, 0.1) is 24.5 Å².